The topological polar surface area (TPSA) is 6.48 Å². The maximum atomic E-state index is 3.73. The third-order valence-corrected chi connectivity index (χ3v) is 1.23. The van der Waals surface area contributed by atoms with Crippen LogP contribution in [0.15, 0.2) is 12.8 Å². The predicted octanol–water partition coefficient (Wildman–Crippen LogP) is 1.36. The Balaban J connectivity index is 3.49. The summed E-state index contributed by atoms with van der Waals surface area (Å²) >= 11 is 0. The highest BCUT2D eigenvalue weighted by Crippen LogP contribution is 1.91. The van der Waals surface area contributed by atoms with Crippen LogP contribution >= 0.6 is 0 Å². The van der Waals surface area contributed by atoms with Gasteiger partial charge in [0.2, 0.25) is 0 Å². The number of nitrogens with zero attached hydrogens (tertiary/aromatic N) is 2. The van der Waals surface area contributed by atoms with Gasteiger partial charge in [-0.2, -0.15) is 0 Å². The van der Waals surface area contributed by atoms with Gasteiger partial charge in [0.1, 0.15) is 0 Å². The first-order valence-corrected chi connectivity index (χ1v) is 3.72. The summed E-state index contributed by atoms with van der Waals surface area (Å²) in [5, 5.41) is 0. The highest BCUT2D eigenvalue weighted by atomic mass is 15.3. The summed E-state index contributed by atoms with van der Waals surface area (Å²) in [7, 11) is 4.12. The second kappa shape index (κ2) is 5.30. The molecule has 0 aliphatic rings. The Morgan fingerprint density at radius 3 is 2.30 bits per heavy atom. The Hall–Kier alpha value is -0.500. The van der Waals surface area contributed by atoms with Gasteiger partial charge in [-0.25, -0.2) is 0 Å². The van der Waals surface area contributed by atoms with Gasteiger partial charge in [0.25, 0.3) is 0 Å². The SMILES string of the molecule is C=CN(CCC)CN(C)C. The Morgan fingerprint density at radius 1 is 1.40 bits per heavy atom. The van der Waals surface area contributed by atoms with E-state index < -0.39 is 0 Å². The summed E-state index contributed by atoms with van der Waals surface area (Å²) in [6, 6.07) is 0. The van der Waals surface area contributed by atoms with Crippen molar-refractivity contribution in [1.29, 1.82) is 0 Å². The molecule has 0 saturated carbocycles. The van der Waals surface area contributed by atoms with Gasteiger partial charge in [0.15, 0.2) is 0 Å². The lowest BCUT2D eigenvalue weighted by atomic mass is 10.4. The van der Waals surface area contributed by atoms with Gasteiger partial charge >= 0.3 is 0 Å². The molecule has 0 aliphatic carbocycles. The molecule has 2 nitrogen and oxygen atoms in total. The van der Waals surface area contributed by atoms with Crippen molar-refractivity contribution < 1.29 is 0 Å². The molecule has 60 valence electrons. The van der Waals surface area contributed by atoms with Gasteiger partial charge in [-0.3, -0.25) is 4.90 Å². The third-order valence-electron chi connectivity index (χ3n) is 1.23. The maximum Gasteiger partial charge on any atom is 0.0696 e. The van der Waals surface area contributed by atoms with E-state index in [9.17, 15) is 0 Å². The van der Waals surface area contributed by atoms with Gasteiger partial charge in [-0.05, 0) is 26.7 Å². The molecule has 0 aromatic rings. The molecular weight excluding hydrogens is 124 g/mol. The largest absolute Gasteiger partial charge is 0.365 e. The number of hydrogen-bond donors (Lipinski definition) is 0. The van der Waals surface area contributed by atoms with E-state index in [1.54, 1.807) is 0 Å². The van der Waals surface area contributed by atoms with E-state index in [1.807, 2.05) is 6.20 Å². The van der Waals surface area contributed by atoms with Crippen molar-refractivity contribution in [2.45, 2.75) is 13.3 Å². The molecule has 0 heterocycles. The van der Waals surface area contributed by atoms with Gasteiger partial charge in [0.05, 0.1) is 6.67 Å². The van der Waals surface area contributed by atoms with Crippen molar-refractivity contribution in [2.24, 2.45) is 0 Å². The Labute approximate surface area is 64.1 Å². The molecule has 0 fully saturated rings. The lowest BCUT2D eigenvalue weighted by Gasteiger charge is -2.22. The quantitative estimate of drug-likeness (QED) is 0.535. The Kier molecular flexibility index (Phi) is 5.03. The molecule has 10 heavy (non-hydrogen) atoms. The summed E-state index contributed by atoms with van der Waals surface area (Å²) in [6.07, 6.45) is 3.07. The monoisotopic (exact) mass is 142 g/mol. The molecule has 0 aromatic heterocycles. The second-order valence-electron chi connectivity index (χ2n) is 2.72. The molecule has 2 heteroatoms. The van der Waals surface area contributed by atoms with Crippen LogP contribution in [-0.4, -0.2) is 37.1 Å². The first-order chi connectivity index (χ1) is 4.70. The summed E-state index contributed by atoms with van der Waals surface area (Å²) in [4.78, 5) is 4.33. The van der Waals surface area contributed by atoms with Crippen LogP contribution in [0.3, 0.4) is 0 Å². The zero-order valence-electron chi connectivity index (χ0n) is 7.30. The first-order valence-electron chi connectivity index (χ1n) is 3.72. The molecule has 0 N–H and O–H groups in total. The van der Waals surface area contributed by atoms with Gasteiger partial charge in [-0.15, -0.1) is 0 Å². The highest BCUT2D eigenvalue weighted by Gasteiger charge is 1.96. The van der Waals surface area contributed by atoms with Crippen molar-refractivity contribution in [3.8, 4) is 0 Å². The van der Waals surface area contributed by atoms with Crippen molar-refractivity contribution >= 4 is 0 Å². The fourth-order valence-corrected chi connectivity index (χ4v) is 0.870. The van der Waals surface area contributed by atoms with Crippen LogP contribution in [0.5, 0.6) is 0 Å². The molecule has 0 amide bonds. The van der Waals surface area contributed by atoms with Gasteiger partial charge < -0.3 is 4.90 Å². The maximum absolute atomic E-state index is 3.73. The molecule has 0 atom stereocenters. The first kappa shape index (κ1) is 9.50. The fraction of sp³-hybridized carbons (Fsp3) is 0.750. The molecule has 0 unspecified atom stereocenters. The van der Waals surface area contributed by atoms with Crippen molar-refractivity contribution in [1.82, 2.24) is 9.80 Å². The van der Waals surface area contributed by atoms with Crippen LogP contribution in [0.1, 0.15) is 13.3 Å². The molecule has 0 spiro atoms. The van der Waals surface area contributed by atoms with E-state index in [0.29, 0.717) is 0 Å². The minimum absolute atomic E-state index is 0.970. The fourth-order valence-electron chi connectivity index (χ4n) is 0.870. The molecule has 0 bridgehead atoms. The minimum Gasteiger partial charge on any atom is -0.365 e. The third kappa shape index (κ3) is 4.39. The van der Waals surface area contributed by atoms with E-state index in [2.05, 4.69) is 37.4 Å². The summed E-state index contributed by atoms with van der Waals surface area (Å²) < 4.78 is 0. The van der Waals surface area contributed by atoms with E-state index >= 15 is 0 Å². The summed E-state index contributed by atoms with van der Waals surface area (Å²) in [5.41, 5.74) is 0. The lowest BCUT2D eigenvalue weighted by Crippen LogP contribution is -2.29. The van der Waals surface area contributed by atoms with E-state index in [1.165, 1.54) is 6.42 Å². The Morgan fingerprint density at radius 2 is 2.00 bits per heavy atom. The van der Waals surface area contributed by atoms with Crippen molar-refractivity contribution in [3.05, 3.63) is 12.8 Å². The van der Waals surface area contributed by atoms with Crippen LogP contribution in [0.2, 0.25) is 0 Å². The Bertz CT molecular complexity index is 89.3. The molecule has 0 radical (unpaired) electrons. The summed E-state index contributed by atoms with van der Waals surface area (Å²) in [5.74, 6) is 0. The van der Waals surface area contributed by atoms with Crippen molar-refractivity contribution in [3.63, 3.8) is 0 Å². The molecule has 0 rings (SSSR count). The standard InChI is InChI=1S/C8H18N2/c1-5-7-10(6-2)8-9(3)4/h6H,2,5,7-8H2,1,3-4H3. The highest BCUT2D eigenvalue weighted by molar-refractivity contribution is 4.68. The van der Waals surface area contributed by atoms with E-state index in [4.69, 9.17) is 0 Å². The summed E-state index contributed by atoms with van der Waals surface area (Å²) in [6.45, 7) is 7.97. The zero-order chi connectivity index (χ0) is 7.98. The zero-order valence-corrected chi connectivity index (χ0v) is 7.30. The number of hydrogen-bond acceptors (Lipinski definition) is 2. The van der Waals surface area contributed by atoms with Crippen LogP contribution in [0, 0.1) is 0 Å². The van der Waals surface area contributed by atoms with Crippen LogP contribution in [-0.2, 0) is 0 Å². The van der Waals surface area contributed by atoms with Gasteiger partial charge in [0, 0.05) is 6.54 Å². The average molecular weight is 142 g/mol. The lowest BCUT2D eigenvalue weighted by molar-refractivity contribution is 0.235. The molecule has 0 saturated heterocycles. The minimum atomic E-state index is 0.970. The smallest absolute Gasteiger partial charge is 0.0696 e. The number of rotatable bonds is 5. The average Bonchev–Trinajstić information content (AvgIpc) is 1.86. The van der Waals surface area contributed by atoms with Crippen LogP contribution < -0.4 is 0 Å². The van der Waals surface area contributed by atoms with Crippen LogP contribution in [0.4, 0.5) is 0 Å². The second-order valence-corrected chi connectivity index (χ2v) is 2.72. The van der Waals surface area contributed by atoms with E-state index in [-0.39, 0.29) is 0 Å². The normalized spacial score (nSPS) is 10.0. The predicted molar refractivity (Wildman–Crippen MR) is 45.7 cm³/mol. The van der Waals surface area contributed by atoms with Gasteiger partial charge in [-0.1, -0.05) is 13.5 Å². The molecule has 0 aromatic carbocycles. The van der Waals surface area contributed by atoms with Crippen LogP contribution in [0.25, 0.3) is 0 Å². The van der Waals surface area contributed by atoms with E-state index in [0.717, 1.165) is 13.2 Å². The molecule has 0 aliphatic heterocycles. The molecular formula is C8H18N2. The van der Waals surface area contributed by atoms with Crippen molar-refractivity contribution in [2.75, 3.05) is 27.3 Å².